The fraction of sp³-hybridized carbons (Fsp3) is 0.111. The van der Waals surface area contributed by atoms with Crippen LogP contribution in [-0.2, 0) is 0 Å². The summed E-state index contributed by atoms with van der Waals surface area (Å²) in [5.41, 5.74) is 2.34. The average molecular weight is 212 g/mol. The summed E-state index contributed by atoms with van der Waals surface area (Å²) in [4.78, 5) is 3.96. The first kappa shape index (κ1) is 8.66. The maximum atomic E-state index is 5.73. The van der Waals surface area contributed by atoms with E-state index in [9.17, 15) is 0 Å². The van der Waals surface area contributed by atoms with Crippen LogP contribution in [-0.4, -0.2) is 4.98 Å². The second-order valence-corrected chi connectivity index (χ2v) is 4.29. The number of rotatable bonds is 1. The molecule has 1 aromatic heterocycles. The first-order valence-electron chi connectivity index (χ1n) is 3.86. The molecule has 0 atom stereocenters. The van der Waals surface area contributed by atoms with Gasteiger partial charge in [0.15, 0.2) is 0 Å². The molecule has 0 amide bonds. The first-order chi connectivity index (χ1) is 6.25. The quantitative estimate of drug-likeness (QED) is 0.662. The Morgan fingerprint density at radius 3 is 2.54 bits per heavy atom. The number of halogens is 1. The summed E-state index contributed by atoms with van der Waals surface area (Å²) in [6.45, 7) is 2.06. The van der Waals surface area contributed by atoms with Crippen LogP contribution in [0.3, 0.4) is 0 Å². The van der Waals surface area contributed by atoms with Crippen molar-refractivity contribution >= 4 is 23.1 Å². The van der Waals surface area contributed by atoms with Crippen LogP contribution in [0.25, 0.3) is 5.69 Å². The Labute approximate surface area is 85.6 Å². The minimum atomic E-state index is 0.556. The fourth-order valence-electron chi connectivity index (χ4n) is 1.04. The van der Waals surface area contributed by atoms with E-state index in [1.165, 1.54) is 17.1 Å². The predicted molar refractivity (Wildman–Crippen MR) is 53.4 cm³/mol. The average Bonchev–Trinajstić information content (AvgIpc) is 2.53. The molecule has 0 N–H and O–H groups in total. The fourth-order valence-corrected chi connectivity index (χ4v) is 1.88. The summed E-state index contributed by atoms with van der Waals surface area (Å²) < 4.78 is 2.49. The Morgan fingerprint density at radius 2 is 2.00 bits per heavy atom. The van der Waals surface area contributed by atoms with Gasteiger partial charge in [0, 0.05) is 0 Å². The van der Waals surface area contributed by atoms with Crippen molar-refractivity contribution in [1.29, 1.82) is 0 Å². The summed E-state index contributed by atoms with van der Waals surface area (Å²) in [7, 11) is 0. The van der Waals surface area contributed by atoms with Gasteiger partial charge < -0.3 is 0 Å². The lowest BCUT2D eigenvalue weighted by Gasteiger charge is -1.93. The highest BCUT2D eigenvalue weighted by Gasteiger charge is 2.08. The third-order valence-electron chi connectivity index (χ3n) is 1.73. The monoisotopic (exact) mass is 211 g/mol. The number of hydrogen-bond acceptors (Lipinski definition) is 2. The smallest absolute Gasteiger partial charge is 0.138 e. The van der Waals surface area contributed by atoms with E-state index in [0.717, 1.165) is 5.69 Å². The molecule has 0 aliphatic carbocycles. The van der Waals surface area contributed by atoms with E-state index in [2.05, 4.69) is 24.0 Å². The molecule has 4 heteroatoms. The van der Waals surface area contributed by atoms with Crippen LogP contribution in [0.1, 0.15) is 5.56 Å². The van der Waals surface area contributed by atoms with Crippen LogP contribution in [0.15, 0.2) is 30.6 Å². The Morgan fingerprint density at radius 1 is 1.31 bits per heavy atom. The van der Waals surface area contributed by atoms with Gasteiger partial charge in [-0.2, -0.15) is 0 Å². The highest BCUT2D eigenvalue weighted by atomic mass is 35.5. The minimum absolute atomic E-state index is 0.556. The second-order valence-electron chi connectivity index (χ2n) is 2.75. The molecule has 0 bridgehead atoms. The second kappa shape index (κ2) is 3.44. The van der Waals surface area contributed by atoms with Crippen molar-refractivity contribution in [1.82, 2.24) is 4.98 Å². The summed E-state index contributed by atoms with van der Waals surface area (Å²) in [6, 6.07) is 8.22. The number of aromatic nitrogens is 2. The zero-order chi connectivity index (χ0) is 9.26. The Bertz CT molecular complexity index is 408. The molecule has 2 rings (SSSR count). The zero-order valence-electron chi connectivity index (χ0n) is 7.07. The number of nitrogens with zero attached hydrogens (tertiary/aromatic N) is 2. The topological polar surface area (TPSA) is 16.8 Å². The van der Waals surface area contributed by atoms with Crippen molar-refractivity contribution in [3.63, 3.8) is 0 Å². The van der Waals surface area contributed by atoms with E-state index >= 15 is 0 Å². The normalized spacial score (nSPS) is 10.3. The zero-order valence-corrected chi connectivity index (χ0v) is 8.64. The molecule has 1 aromatic carbocycles. The van der Waals surface area contributed by atoms with Gasteiger partial charge in [-0.25, -0.2) is 0 Å². The molecule has 0 fully saturated rings. The van der Waals surface area contributed by atoms with Crippen LogP contribution in [0.5, 0.6) is 0 Å². The third kappa shape index (κ3) is 1.87. The summed E-state index contributed by atoms with van der Waals surface area (Å²) >= 11 is 7.15. The van der Waals surface area contributed by atoms with Crippen molar-refractivity contribution in [3.05, 3.63) is 40.6 Å². The molecule has 2 nitrogen and oxygen atoms in total. The molecule has 66 valence electrons. The lowest BCUT2D eigenvalue weighted by molar-refractivity contribution is -0.522. The number of aryl methyl sites for hydroxylation is 1. The van der Waals surface area contributed by atoms with E-state index in [0.29, 0.717) is 4.47 Å². The van der Waals surface area contributed by atoms with E-state index in [4.69, 9.17) is 11.6 Å². The SMILES string of the molecule is Cc1ccc(-[n+]2cnc(Cl)s2)cc1. The van der Waals surface area contributed by atoms with Crippen molar-refractivity contribution in [3.8, 4) is 5.69 Å². The van der Waals surface area contributed by atoms with Crippen LogP contribution in [0.2, 0.25) is 4.47 Å². The van der Waals surface area contributed by atoms with Gasteiger partial charge in [0.2, 0.25) is 0 Å². The maximum absolute atomic E-state index is 5.73. The van der Waals surface area contributed by atoms with Crippen molar-refractivity contribution < 1.29 is 3.96 Å². The number of benzene rings is 1. The van der Waals surface area contributed by atoms with Gasteiger partial charge in [-0.15, -0.1) is 3.96 Å². The molecule has 0 radical (unpaired) electrons. The van der Waals surface area contributed by atoms with Crippen LogP contribution in [0, 0.1) is 6.92 Å². The largest absolute Gasteiger partial charge is 0.333 e. The van der Waals surface area contributed by atoms with Crippen LogP contribution >= 0.6 is 23.1 Å². The first-order valence-corrected chi connectivity index (χ1v) is 5.01. The molecule has 0 aliphatic rings. The van der Waals surface area contributed by atoms with E-state index in [1.807, 2.05) is 16.1 Å². The van der Waals surface area contributed by atoms with Gasteiger partial charge in [0.25, 0.3) is 0 Å². The standard InChI is InChI=1S/C9H8ClN2S/c1-7-2-4-8(5-3-7)12-6-11-9(10)13-12/h2-6H,1H3/q+1. The predicted octanol–water partition coefficient (Wildman–Crippen LogP) is 2.38. The van der Waals surface area contributed by atoms with Crippen molar-refractivity contribution in [2.24, 2.45) is 0 Å². The summed E-state index contributed by atoms with van der Waals surface area (Å²) in [6.07, 6.45) is 1.72. The van der Waals surface area contributed by atoms with Crippen LogP contribution in [0.4, 0.5) is 0 Å². The molecule has 2 aromatic rings. The molecule has 0 unspecified atom stereocenters. The van der Waals surface area contributed by atoms with Crippen molar-refractivity contribution in [2.75, 3.05) is 0 Å². The molecular weight excluding hydrogens is 204 g/mol. The van der Waals surface area contributed by atoms with Crippen molar-refractivity contribution in [2.45, 2.75) is 6.92 Å². The van der Waals surface area contributed by atoms with Gasteiger partial charge in [0.1, 0.15) is 17.2 Å². The highest BCUT2D eigenvalue weighted by Crippen LogP contribution is 2.09. The van der Waals surface area contributed by atoms with E-state index < -0.39 is 0 Å². The van der Waals surface area contributed by atoms with Gasteiger partial charge in [-0.05, 0) is 35.6 Å². The number of hydrogen-bond donors (Lipinski definition) is 0. The Kier molecular flexibility index (Phi) is 2.29. The summed E-state index contributed by atoms with van der Waals surface area (Å²) in [5, 5.41) is 0. The van der Waals surface area contributed by atoms with E-state index in [-0.39, 0.29) is 0 Å². The molecule has 0 saturated heterocycles. The Balaban J connectivity index is 2.41. The lowest BCUT2D eigenvalue weighted by Crippen LogP contribution is -2.23. The minimum Gasteiger partial charge on any atom is -0.138 e. The Hall–Kier alpha value is -0.930. The van der Waals surface area contributed by atoms with Gasteiger partial charge in [-0.1, -0.05) is 17.7 Å². The molecule has 0 aliphatic heterocycles. The maximum Gasteiger partial charge on any atom is 0.333 e. The third-order valence-corrected chi connectivity index (χ3v) is 2.79. The van der Waals surface area contributed by atoms with Gasteiger partial charge >= 0.3 is 10.8 Å². The molecule has 0 spiro atoms. The highest BCUT2D eigenvalue weighted by molar-refractivity contribution is 7.06. The molecule has 13 heavy (non-hydrogen) atoms. The summed E-state index contributed by atoms with van der Waals surface area (Å²) in [5.74, 6) is 0. The molecule has 0 saturated carbocycles. The van der Waals surface area contributed by atoms with E-state index in [1.54, 1.807) is 6.33 Å². The lowest BCUT2D eigenvalue weighted by atomic mass is 10.2. The van der Waals surface area contributed by atoms with Crippen LogP contribution < -0.4 is 3.96 Å². The van der Waals surface area contributed by atoms with Gasteiger partial charge in [0.05, 0.1) is 0 Å². The molecular formula is C9H8ClN2S+. The van der Waals surface area contributed by atoms with Gasteiger partial charge in [-0.3, -0.25) is 0 Å². The molecule has 1 heterocycles.